The minimum absolute atomic E-state index is 0.0361. The van der Waals surface area contributed by atoms with E-state index in [1.807, 2.05) is 0 Å². The Morgan fingerprint density at radius 1 is 1.15 bits per heavy atom. The van der Waals surface area contributed by atoms with Crippen molar-refractivity contribution >= 4 is 23.0 Å². The zero-order chi connectivity index (χ0) is 24.6. The summed E-state index contributed by atoms with van der Waals surface area (Å²) in [5.41, 5.74) is -3.00. The highest BCUT2D eigenvalue weighted by molar-refractivity contribution is 5.95. The zero-order valence-electron chi connectivity index (χ0n) is 16.1. The molecule has 1 fully saturated rings. The van der Waals surface area contributed by atoms with Crippen LogP contribution in [-0.4, -0.2) is 35.9 Å². The van der Waals surface area contributed by atoms with Crippen molar-refractivity contribution in [1.29, 1.82) is 5.26 Å². The van der Waals surface area contributed by atoms with E-state index in [-0.39, 0.29) is 11.4 Å². The Morgan fingerprint density at radius 3 is 2.30 bits per heavy atom. The van der Waals surface area contributed by atoms with E-state index in [1.165, 1.54) is 6.07 Å². The first-order valence-electron chi connectivity index (χ1n) is 8.96. The highest BCUT2D eigenvalue weighted by Gasteiger charge is 2.52. The molecule has 0 spiro atoms. The van der Waals surface area contributed by atoms with Crippen LogP contribution in [0.15, 0.2) is 42.5 Å². The molecule has 0 radical (unpaired) electrons. The van der Waals surface area contributed by atoms with E-state index in [0.717, 1.165) is 36.4 Å². The number of halogens is 6. The number of amides is 1. The molecule has 1 aliphatic rings. The van der Waals surface area contributed by atoms with Crippen LogP contribution in [0.25, 0.3) is 0 Å². The van der Waals surface area contributed by atoms with Gasteiger partial charge in [0, 0.05) is 23.5 Å². The lowest BCUT2D eigenvalue weighted by molar-refractivity contribution is -0.384. The molecule has 1 aliphatic heterocycles. The predicted octanol–water partition coefficient (Wildman–Crippen LogP) is 4.22. The molecule has 0 saturated carbocycles. The van der Waals surface area contributed by atoms with Crippen LogP contribution in [0.1, 0.15) is 11.1 Å². The smallest absolute Gasteiger partial charge is 0.335 e. The first kappa shape index (κ1) is 23.8. The van der Waals surface area contributed by atoms with Crippen LogP contribution in [0.4, 0.5) is 43.4 Å². The molecular formula is C19H12F6N4O4. The van der Waals surface area contributed by atoms with E-state index in [4.69, 9.17) is 10.00 Å². The Bertz CT molecular complexity index is 1110. The summed E-state index contributed by atoms with van der Waals surface area (Å²) in [4.78, 5) is 22.8. The third-order valence-electron chi connectivity index (χ3n) is 4.62. The van der Waals surface area contributed by atoms with Crippen LogP contribution in [0.5, 0.6) is 0 Å². The van der Waals surface area contributed by atoms with E-state index in [1.54, 1.807) is 0 Å². The summed E-state index contributed by atoms with van der Waals surface area (Å²) in [6.45, 7) is -0.744. The summed E-state index contributed by atoms with van der Waals surface area (Å²) in [7, 11) is 0. The van der Waals surface area contributed by atoms with E-state index in [0.29, 0.717) is 11.0 Å². The van der Waals surface area contributed by atoms with Gasteiger partial charge in [-0.2, -0.15) is 31.6 Å². The molecule has 2 atom stereocenters. The summed E-state index contributed by atoms with van der Waals surface area (Å²) < 4.78 is 85.1. The van der Waals surface area contributed by atoms with Gasteiger partial charge in [0.25, 0.3) is 11.6 Å². The van der Waals surface area contributed by atoms with Crippen LogP contribution >= 0.6 is 0 Å². The SMILES string of the molecule is N#Cc1ccc(N2C[C@@H](C(=O)Nc3ccc([N+](=O)[O-])cc3)O[C@@H]2C(F)(F)F)cc1C(F)(F)F. The summed E-state index contributed by atoms with van der Waals surface area (Å²) in [5, 5.41) is 21.8. The van der Waals surface area contributed by atoms with Gasteiger partial charge in [0.1, 0.15) is 0 Å². The lowest BCUT2D eigenvalue weighted by Crippen LogP contribution is -2.42. The summed E-state index contributed by atoms with van der Waals surface area (Å²) in [5.74, 6) is -1.04. The normalized spacial score (nSPS) is 18.6. The molecule has 14 heteroatoms. The Kier molecular flexibility index (Phi) is 6.19. The number of hydrogen-bond acceptors (Lipinski definition) is 6. The molecule has 1 amide bonds. The van der Waals surface area contributed by atoms with Gasteiger partial charge in [-0.1, -0.05) is 0 Å². The monoisotopic (exact) mass is 474 g/mol. The van der Waals surface area contributed by atoms with Gasteiger partial charge >= 0.3 is 12.4 Å². The zero-order valence-corrected chi connectivity index (χ0v) is 16.1. The Morgan fingerprint density at radius 2 is 1.79 bits per heavy atom. The van der Waals surface area contributed by atoms with Gasteiger partial charge in [-0.3, -0.25) is 14.9 Å². The number of nitriles is 1. The van der Waals surface area contributed by atoms with Gasteiger partial charge in [-0.25, -0.2) is 0 Å². The van der Waals surface area contributed by atoms with Gasteiger partial charge in [-0.05, 0) is 30.3 Å². The van der Waals surface area contributed by atoms with Gasteiger partial charge in [-0.15, -0.1) is 0 Å². The number of nitro benzene ring substituents is 1. The number of carbonyl (C=O) groups excluding carboxylic acids is 1. The number of rotatable bonds is 4. The van der Waals surface area contributed by atoms with Crippen LogP contribution in [0, 0.1) is 21.4 Å². The molecular weight excluding hydrogens is 462 g/mol. The maximum absolute atomic E-state index is 13.5. The number of benzene rings is 2. The van der Waals surface area contributed by atoms with E-state index >= 15 is 0 Å². The number of hydrogen-bond donors (Lipinski definition) is 1. The van der Waals surface area contributed by atoms with Gasteiger partial charge in [0.05, 0.1) is 28.7 Å². The summed E-state index contributed by atoms with van der Waals surface area (Å²) in [6.07, 6.45) is -14.5. The van der Waals surface area contributed by atoms with Crippen molar-refractivity contribution in [3.63, 3.8) is 0 Å². The average molecular weight is 474 g/mol. The van der Waals surface area contributed by atoms with Crippen molar-refractivity contribution < 1.29 is 40.8 Å². The maximum atomic E-state index is 13.5. The summed E-state index contributed by atoms with van der Waals surface area (Å²) in [6, 6.07) is 7.77. The van der Waals surface area contributed by atoms with Crippen molar-refractivity contribution in [3.8, 4) is 6.07 Å². The molecule has 33 heavy (non-hydrogen) atoms. The maximum Gasteiger partial charge on any atom is 0.433 e. The second-order valence-electron chi connectivity index (χ2n) is 6.80. The fourth-order valence-electron chi connectivity index (χ4n) is 3.12. The molecule has 3 rings (SSSR count). The lowest BCUT2D eigenvalue weighted by atomic mass is 10.1. The number of anilines is 2. The summed E-state index contributed by atoms with van der Waals surface area (Å²) >= 11 is 0. The van der Waals surface area contributed by atoms with Crippen molar-refractivity contribution in [2.45, 2.75) is 24.7 Å². The first-order valence-corrected chi connectivity index (χ1v) is 8.96. The molecule has 8 nitrogen and oxygen atoms in total. The molecule has 0 unspecified atom stereocenters. The van der Waals surface area contributed by atoms with Crippen LogP contribution < -0.4 is 10.2 Å². The van der Waals surface area contributed by atoms with Gasteiger partial charge in [0.15, 0.2) is 6.10 Å². The molecule has 1 saturated heterocycles. The molecule has 0 aliphatic carbocycles. The second kappa shape index (κ2) is 8.58. The number of nitrogens with one attached hydrogen (secondary N) is 1. The molecule has 1 heterocycles. The highest BCUT2D eigenvalue weighted by atomic mass is 19.4. The topological polar surface area (TPSA) is 109 Å². The molecule has 0 aromatic heterocycles. The largest absolute Gasteiger partial charge is 0.433 e. The number of non-ortho nitro benzene ring substituents is 1. The van der Waals surface area contributed by atoms with Crippen LogP contribution in [0.2, 0.25) is 0 Å². The van der Waals surface area contributed by atoms with Crippen LogP contribution in [-0.2, 0) is 15.7 Å². The second-order valence-corrected chi connectivity index (χ2v) is 6.80. The Hall–Kier alpha value is -3.86. The number of nitro groups is 1. The molecule has 1 N–H and O–H groups in total. The van der Waals surface area contributed by atoms with Gasteiger partial charge < -0.3 is 15.0 Å². The van der Waals surface area contributed by atoms with Crippen molar-refractivity contribution in [2.24, 2.45) is 0 Å². The fraction of sp³-hybridized carbons (Fsp3) is 0.263. The predicted molar refractivity (Wildman–Crippen MR) is 99.9 cm³/mol. The minimum atomic E-state index is -5.06. The number of alkyl halides is 6. The van der Waals surface area contributed by atoms with Crippen molar-refractivity contribution in [1.82, 2.24) is 0 Å². The Labute approximate surface area is 181 Å². The van der Waals surface area contributed by atoms with E-state index in [2.05, 4.69) is 5.32 Å². The Balaban J connectivity index is 1.87. The van der Waals surface area contributed by atoms with Crippen molar-refractivity contribution in [3.05, 3.63) is 63.7 Å². The molecule has 174 valence electrons. The number of ether oxygens (including phenoxy) is 1. The average Bonchev–Trinajstić information content (AvgIpc) is 3.19. The van der Waals surface area contributed by atoms with E-state index < -0.39 is 58.9 Å². The third-order valence-corrected chi connectivity index (χ3v) is 4.62. The molecule has 2 aromatic carbocycles. The molecule has 2 aromatic rings. The number of carbonyl (C=O) groups is 1. The minimum Gasteiger partial charge on any atom is -0.335 e. The standard InChI is InChI=1S/C19H12F6N4O4/c20-18(21,22)14-7-13(4-1-10(14)8-26)28-9-15(33-17(28)19(23,24)25)16(30)27-11-2-5-12(6-3-11)29(31)32/h1-7,15,17H,9H2,(H,27,30)/t15-,17+/m0/s1. The first-order chi connectivity index (χ1) is 15.3. The quantitative estimate of drug-likeness (QED) is 0.404. The lowest BCUT2D eigenvalue weighted by Gasteiger charge is -2.27. The highest BCUT2D eigenvalue weighted by Crippen LogP contribution is 2.39. The molecule has 0 bridgehead atoms. The van der Waals surface area contributed by atoms with Gasteiger partial charge in [0.2, 0.25) is 6.23 Å². The fourth-order valence-corrected chi connectivity index (χ4v) is 3.12. The van der Waals surface area contributed by atoms with Crippen molar-refractivity contribution in [2.75, 3.05) is 16.8 Å². The van der Waals surface area contributed by atoms with Crippen LogP contribution in [0.3, 0.4) is 0 Å². The van der Waals surface area contributed by atoms with E-state index in [9.17, 15) is 41.3 Å². The third kappa shape index (κ3) is 5.14. The number of nitrogens with zero attached hydrogens (tertiary/aromatic N) is 3.